The van der Waals surface area contributed by atoms with Gasteiger partial charge in [0, 0.05) is 22.8 Å². The Balaban J connectivity index is 1.34. The van der Waals surface area contributed by atoms with E-state index in [1.807, 2.05) is 60.7 Å². The van der Waals surface area contributed by atoms with Crippen molar-refractivity contribution in [3.63, 3.8) is 0 Å². The lowest BCUT2D eigenvalue weighted by Crippen LogP contribution is -2.36. The summed E-state index contributed by atoms with van der Waals surface area (Å²) in [5.41, 5.74) is 1.20. The molecule has 0 atom stereocenters. The van der Waals surface area contributed by atoms with Gasteiger partial charge in [0.2, 0.25) is 5.43 Å². The zero-order valence-electron chi connectivity index (χ0n) is 24.6. The van der Waals surface area contributed by atoms with Crippen LogP contribution in [0.1, 0.15) is 46.8 Å². The van der Waals surface area contributed by atoms with Crippen molar-refractivity contribution in [2.75, 3.05) is 6.61 Å². The average molecular weight is 607 g/mol. The number of carbonyl (C=O) groups is 2. The summed E-state index contributed by atoms with van der Waals surface area (Å²) in [6, 6.07) is 28.8. The number of nitrogens with zero attached hydrogens (tertiary/aromatic N) is 1. The molecule has 0 aliphatic heterocycles. The number of carbonyl (C=O) groups excluding carboxylic acids is 2. The Morgan fingerprint density at radius 1 is 0.867 bits per heavy atom. The number of alkyl carbamates (subject to hydrolysis) is 1. The summed E-state index contributed by atoms with van der Waals surface area (Å²) < 4.78 is 33.9. The molecule has 1 fully saturated rings. The molecule has 1 heterocycles. The van der Waals surface area contributed by atoms with Gasteiger partial charge in [0.05, 0.1) is 17.7 Å². The lowest BCUT2D eigenvalue weighted by atomic mass is 10.00. The van der Waals surface area contributed by atoms with Crippen LogP contribution in [-0.4, -0.2) is 23.2 Å². The van der Waals surface area contributed by atoms with Gasteiger partial charge in [0.25, 0.3) is 0 Å². The highest BCUT2D eigenvalue weighted by Gasteiger charge is 2.48. The third-order valence-electron chi connectivity index (χ3n) is 7.77. The maximum Gasteiger partial charge on any atom is 0.408 e. The molecule has 45 heavy (non-hydrogen) atoms. The van der Waals surface area contributed by atoms with Gasteiger partial charge in [0.15, 0.2) is 0 Å². The summed E-state index contributed by atoms with van der Waals surface area (Å²) in [6.45, 7) is 2.18. The molecule has 1 aromatic heterocycles. The maximum atomic E-state index is 15.8. The largest absolute Gasteiger partial charge is 0.489 e. The van der Waals surface area contributed by atoms with Crippen LogP contribution in [0.5, 0.6) is 5.75 Å². The van der Waals surface area contributed by atoms with Crippen molar-refractivity contribution in [2.24, 2.45) is 0 Å². The molecule has 0 saturated heterocycles. The first-order valence-corrected chi connectivity index (χ1v) is 14.7. The van der Waals surface area contributed by atoms with E-state index in [4.69, 9.17) is 14.2 Å². The van der Waals surface area contributed by atoms with Gasteiger partial charge in [-0.2, -0.15) is 0 Å². The monoisotopic (exact) mass is 606 g/mol. The number of benzene rings is 4. The Morgan fingerprint density at radius 2 is 1.51 bits per heavy atom. The minimum atomic E-state index is -0.984. The van der Waals surface area contributed by atoms with E-state index in [-0.39, 0.29) is 29.7 Å². The Bertz CT molecular complexity index is 1900. The third kappa shape index (κ3) is 6.43. The van der Waals surface area contributed by atoms with Gasteiger partial charge in [-0.1, -0.05) is 60.7 Å². The van der Waals surface area contributed by atoms with Crippen LogP contribution in [0.15, 0.2) is 108 Å². The number of fused-ring (bicyclic) bond motifs is 1. The van der Waals surface area contributed by atoms with E-state index < -0.39 is 28.8 Å². The van der Waals surface area contributed by atoms with E-state index in [2.05, 4.69) is 5.32 Å². The van der Waals surface area contributed by atoms with Crippen LogP contribution in [0, 0.1) is 5.82 Å². The molecule has 0 bridgehead atoms. The van der Waals surface area contributed by atoms with Crippen molar-refractivity contribution in [1.29, 1.82) is 0 Å². The van der Waals surface area contributed by atoms with Crippen molar-refractivity contribution in [3.05, 3.63) is 142 Å². The normalized spacial score (nSPS) is 13.2. The Hall–Kier alpha value is -5.44. The number of hydrogen-bond acceptors (Lipinski definition) is 6. The summed E-state index contributed by atoms with van der Waals surface area (Å²) in [7, 11) is 0. The molecule has 5 aromatic rings. The number of amides is 1. The number of pyridine rings is 1. The van der Waals surface area contributed by atoms with Crippen LogP contribution >= 0.6 is 0 Å². The Kier molecular flexibility index (Phi) is 8.33. The van der Waals surface area contributed by atoms with Crippen LogP contribution in [0.3, 0.4) is 0 Å². The smallest absolute Gasteiger partial charge is 0.408 e. The second-order valence-corrected chi connectivity index (χ2v) is 10.8. The number of rotatable bonds is 10. The zero-order valence-corrected chi connectivity index (χ0v) is 24.6. The van der Waals surface area contributed by atoms with Gasteiger partial charge in [0.1, 0.15) is 30.3 Å². The lowest BCUT2D eigenvalue weighted by molar-refractivity contribution is 0.0524. The number of nitrogens with one attached hydrogen (secondary N) is 1. The van der Waals surface area contributed by atoms with Crippen molar-refractivity contribution in [1.82, 2.24) is 9.88 Å². The number of aromatic nitrogens is 1. The van der Waals surface area contributed by atoms with Gasteiger partial charge >= 0.3 is 12.1 Å². The summed E-state index contributed by atoms with van der Waals surface area (Å²) in [5.74, 6) is -0.843. The fraction of sp³-hybridized carbons (Fsp3) is 0.194. The van der Waals surface area contributed by atoms with E-state index in [0.717, 1.165) is 17.2 Å². The molecule has 6 rings (SSSR count). The van der Waals surface area contributed by atoms with Gasteiger partial charge in [-0.15, -0.1) is 0 Å². The topological polar surface area (TPSA) is 95.9 Å². The number of esters is 1. The molecule has 0 unspecified atom stereocenters. The van der Waals surface area contributed by atoms with Gasteiger partial charge in [-0.05, 0) is 67.3 Å². The molecular weight excluding hydrogens is 575 g/mol. The Labute approximate surface area is 259 Å². The highest BCUT2D eigenvalue weighted by Crippen LogP contribution is 2.47. The van der Waals surface area contributed by atoms with Crippen molar-refractivity contribution < 1.29 is 28.2 Å². The molecule has 1 saturated carbocycles. The van der Waals surface area contributed by atoms with Crippen molar-refractivity contribution in [2.45, 2.75) is 38.5 Å². The standard InChI is InChI=1S/C36H31FN2O6/c1-2-43-34(41)29-21-39(26-13-15-27(16-14-26)44-22-24-9-5-3-6-10-24)32-20-30(31(37)19-28(32)33(29)40)36(17-18-36)38-35(42)45-23-25-11-7-4-8-12-25/h3-16,19-21H,2,17-18,22-23H2,1H3,(H,38,42). The molecule has 9 heteroatoms. The first kappa shape index (κ1) is 29.6. The van der Waals surface area contributed by atoms with Crippen molar-refractivity contribution >= 4 is 23.0 Å². The van der Waals surface area contributed by atoms with E-state index in [9.17, 15) is 14.4 Å². The summed E-state index contributed by atoms with van der Waals surface area (Å²) in [6.07, 6.45) is 1.73. The molecular formula is C36H31FN2O6. The molecule has 1 aliphatic carbocycles. The SMILES string of the molecule is CCOC(=O)c1cn(-c2ccc(OCc3ccccc3)cc2)c2cc(C3(NC(=O)OCc4ccccc4)CC3)c(F)cc2c1=O. The first-order valence-electron chi connectivity index (χ1n) is 14.7. The molecule has 8 nitrogen and oxygen atoms in total. The number of hydrogen-bond donors (Lipinski definition) is 1. The second-order valence-electron chi connectivity index (χ2n) is 10.8. The lowest BCUT2D eigenvalue weighted by Gasteiger charge is -2.21. The fourth-order valence-corrected chi connectivity index (χ4v) is 5.27. The van der Waals surface area contributed by atoms with E-state index in [0.29, 0.717) is 36.4 Å². The van der Waals surface area contributed by atoms with E-state index in [1.165, 1.54) is 6.20 Å². The number of ether oxygens (including phenoxy) is 3. The minimum absolute atomic E-state index is 0.00802. The molecule has 228 valence electrons. The minimum Gasteiger partial charge on any atom is -0.489 e. The number of halogens is 1. The molecule has 0 spiro atoms. The van der Waals surface area contributed by atoms with Crippen LogP contribution in [0.4, 0.5) is 9.18 Å². The van der Waals surface area contributed by atoms with E-state index >= 15 is 4.39 Å². The first-order chi connectivity index (χ1) is 21.9. The molecule has 1 amide bonds. The van der Waals surface area contributed by atoms with Gasteiger partial charge in [-0.3, -0.25) is 4.79 Å². The summed E-state index contributed by atoms with van der Waals surface area (Å²) in [4.78, 5) is 38.9. The van der Waals surface area contributed by atoms with E-state index in [1.54, 1.807) is 41.8 Å². The third-order valence-corrected chi connectivity index (χ3v) is 7.77. The van der Waals surface area contributed by atoms with Crippen LogP contribution in [0.25, 0.3) is 16.6 Å². The quantitative estimate of drug-likeness (QED) is 0.176. The van der Waals surface area contributed by atoms with Crippen molar-refractivity contribution in [3.8, 4) is 11.4 Å². The molecule has 1 N–H and O–H groups in total. The molecule has 4 aromatic carbocycles. The predicted octanol–water partition coefficient (Wildman–Crippen LogP) is 6.80. The van der Waals surface area contributed by atoms with Gasteiger partial charge < -0.3 is 24.1 Å². The maximum absolute atomic E-state index is 15.8. The Morgan fingerprint density at radius 3 is 2.13 bits per heavy atom. The predicted molar refractivity (Wildman–Crippen MR) is 167 cm³/mol. The average Bonchev–Trinajstić information content (AvgIpc) is 3.84. The van der Waals surface area contributed by atoms with Crippen LogP contribution in [0.2, 0.25) is 0 Å². The molecule has 0 radical (unpaired) electrons. The fourth-order valence-electron chi connectivity index (χ4n) is 5.27. The second kappa shape index (κ2) is 12.7. The van der Waals surface area contributed by atoms with Crippen LogP contribution < -0.4 is 15.5 Å². The molecule has 1 aliphatic rings. The summed E-state index contributed by atoms with van der Waals surface area (Å²) >= 11 is 0. The highest BCUT2D eigenvalue weighted by molar-refractivity contribution is 5.94. The highest BCUT2D eigenvalue weighted by atomic mass is 19.1. The summed E-state index contributed by atoms with van der Waals surface area (Å²) in [5, 5.41) is 2.84. The zero-order chi connectivity index (χ0) is 31.4. The van der Waals surface area contributed by atoms with Crippen LogP contribution in [-0.2, 0) is 28.2 Å². The van der Waals surface area contributed by atoms with Gasteiger partial charge in [-0.25, -0.2) is 14.0 Å².